The Morgan fingerprint density at radius 3 is 1.64 bits per heavy atom. The molecule has 0 aliphatic rings. The molecule has 0 amide bonds. The maximum absolute atomic E-state index is 2.50. The van der Waals surface area contributed by atoms with Crippen molar-refractivity contribution in [3.05, 3.63) is 158 Å². The van der Waals surface area contributed by atoms with E-state index in [9.17, 15) is 0 Å². The molecule has 3 heteroatoms. The summed E-state index contributed by atoms with van der Waals surface area (Å²) in [5.41, 5.74) is 9.77. The molecule has 3 aromatic heterocycles. The van der Waals surface area contributed by atoms with Gasteiger partial charge in [0.2, 0.25) is 0 Å². The van der Waals surface area contributed by atoms with Gasteiger partial charge in [-0.3, -0.25) is 0 Å². The lowest BCUT2D eigenvalue weighted by atomic mass is 10.0. The summed E-state index contributed by atoms with van der Waals surface area (Å²) in [4.78, 5) is 0. The van der Waals surface area contributed by atoms with E-state index in [4.69, 9.17) is 0 Å². The lowest BCUT2D eigenvalue weighted by molar-refractivity contribution is 1.16. The molecule has 10 aromatic rings. The van der Waals surface area contributed by atoms with E-state index in [-0.39, 0.29) is 0 Å². The third-order valence-electron chi connectivity index (χ3n) is 9.33. The summed E-state index contributed by atoms with van der Waals surface area (Å²) in [6.07, 6.45) is 0. The Morgan fingerprint density at radius 2 is 0.956 bits per heavy atom. The van der Waals surface area contributed by atoms with E-state index >= 15 is 0 Å². The van der Waals surface area contributed by atoms with Crippen LogP contribution in [0.2, 0.25) is 0 Å². The first-order chi connectivity index (χ1) is 22.3. The maximum atomic E-state index is 2.50. The molecular formula is C42H26N2S. The molecule has 0 radical (unpaired) electrons. The highest BCUT2D eigenvalue weighted by Gasteiger charge is 2.20. The second-order valence-corrected chi connectivity index (χ2v) is 12.8. The van der Waals surface area contributed by atoms with E-state index in [1.54, 1.807) is 0 Å². The maximum Gasteiger partial charge on any atom is 0.0562 e. The van der Waals surface area contributed by atoms with Crippen LogP contribution in [-0.4, -0.2) is 9.13 Å². The zero-order chi connectivity index (χ0) is 29.5. The van der Waals surface area contributed by atoms with Crippen LogP contribution in [0.5, 0.6) is 0 Å². The van der Waals surface area contributed by atoms with Crippen LogP contribution in [-0.2, 0) is 0 Å². The fraction of sp³-hybridized carbons (Fsp3) is 0. The van der Waals surface area contributed by atoms with Crippen molar-refractivity contribution in [3.8, 4) is 22.5 Å². The second-order valence-electron chi connectivity index (χ2n) is 11.7. The van der Waals surface area contributed by atoms with Crippen molar-refractivity contribution in [2.24, 2.45) is 0 Å². The van der Waals surface area contributed by atoms with E-state index in [1.807, 2.05) is 11.3 Å². The fourth-order valence-electron chi connectivity index (χ4n) is 7.40. The van der Waals surface area contributed by atoms with Crippen LogP contribution in [0.4, 0.5) is 0 Å². The lowest BCUT2D eigenvalue weighted by Gasteiger charge is -2.14. The standard InChI is InChI=1S/C42H26N2S/c1-2-12-27(13-3-1)29-24-25-38(41-34-17-7-11-21-40(34)45-42(29)41)44-37-20-10-6-16-32(37)33-23-22-28(26-39(33)44)43-35-18-8-4-14-30(35)31-15-5-9-19-36(31)43/h1-26H. The molecule has 0 saturated heterocycles. The summed E-state index contributed by atoms with van der Waals surface area (Å²) in [5, 5.41) is 7.68. The van der Waals surface area contributed by atoms with Crippen LogP contribution in [0.25, 0.3) is 86.3 Å². The summed E-state index contributed by atoms with van der Waals surface area (Å²) in [6.45, 7) is 0. The topological polar surface area (TPSA) is 9.86 Å². The number of thiophene rings is 1. The monoisotopic (exact) mass is 590 g/mol. The van der Waals surface area contributed by atoms with Gasteiger partial charge in [-0.1, -0.05) is 115 Å². The SMILES string of the molecule is c1ccc(-c2ccc(-n3c4ccccc4c4ccc(-n5c6ccccc6c6ccccc65)cc43)c3c2sc2ccccc23)cc1. The van der Waals surface area contributed by atoms with Crippen LogP contribution in [0, 0.1) is 0 Å². The summed E-state index contributed by atoms with van der Waals surface area (Å²) >= 11 is 1.89. The number of nitrogens with zero attached hydrogens (tertiary/aromatic N) is 2. The number of rotatable bonds is 3. The summed E-state index contributed by atoms with van der Waals surface area (Å²) < 4.78 is 7.55. The molecular weight excluding hydrogens is 565 g/mol. The van der Waals surface area contributed by atoms with Gasteiger partial charge >= 0.3 is 0 Å². The Morgan fingerprint density at radius 1 is 0.400 bits per heavy atom. The van der Waals surface area contributed by atoms with Gasteiger partial charge in [-0.15, -0.1) is 11.3 Å². The van der Waals surface area contributed by atoms with Gasteiger partial charge in [0.15, 0.2) is 0 Å². The molecule has 7 aromatic carbocycles. The van der Waals surface area contributed by atoms with E-state index in [2.05, 4.69) is 167 Å². The number of hydrogen-bond donors (Lipinski definition) is 0. The Balaban J connectivity index is 1.33. The average molecular weight is 591 g/mol. The molecule has 0 N–H and O–H groups in total. The minimum absolute atomic E-state index is 1.16. The highest BCUT2D eigenvalue weighted by Crippen LogP contribution is 2.45. The van der Waals surface area contributed by atoms with Crippen molar-refractivity contribution in [1.29, 1.82) is 0 Å². The van der Waals surface area contributed by atoms with Crippen molar-refractivity contribution in [3.63, 3.8) is 0 Å². The van der Waals surface area contributed by atoms with Crippen LogP contribution in [0.1, 0.15) is 0 Å². The fourth-order valence-corrected chi connectivity index (χ4v) is 8.66. The van der Waals surface area contributed by atoms with Gasteiger partial charge in [0.05, 0.1) is 27.8 Å². The summed E-state index contributed by atoms with van der Waals surface area (Å²) in [6, 6.07) is 57.6. The average Bonchev–Trinajstić information content (AvgIpc) is 3.76. The molecule has 210 valence electrons. The third kappa shape index (κ3) is 3.50. The van der Waals surface area contributed by atoms with Crippen molar-refractivity contribution in [1.82, 2.24) is 9.13 Å². The predicted molar refractivity (Wildman–Crippen MR) is 193 cm³/mol. The first-order valence-electron chi connectivity index (χ1n) is 15.4. The minimum Gasteiger partial charge on any atom is -0.309 e. The summed E-state index contributed by atoms with van der Waals surface area (Å²) in [7, 11) is 0. The van der Waals surface area contributed by atoms with E-state index < -0.39 is 0 Å². The molecule has 10 rings (SSSR count). The molecule has 0 aliphatic carbocycles. The van der Waals surface area contributed by atoms with E-state index in [1.165, 1.54) is 80.6 Å². The third-order valence-corrected chi connectivity index (χ3v) is 10.5. The Kier molecular flexibility index (Phi) is 5.19. The van der Waals surface area contributed by atoms with Crippen molar-refractivity contribution in [2.45, 2.75) is 0 Å². The predicted octanol–water partition coefficient (Wildman–Crippen LogP) is 11.9. The molecule has 0 aliphatic heterocycles. The quantitative estimate of drug-likeness (QED) is 0.194. The Bertz CT molecular complexity index is 2710. The van der Waals surface area contributed by atoms with Crippen molar-refractivity contribution < 1.29 is 0 Å². The number of para-hydroxylation sites is 3. The van der Waals surface area contributed by atoms with Gasteiger partial charge in [0.1, 0.15) is 0 Å². The molecule has 0 fully saturated rings. The molecule has 3 heterocycles. The Labute approximate surface area is 263 Å². The van der Waals surface area contributed by atoms with Crippen LogP contribution in [0.3, 0.4) is 0 Å². The van der Waals surface area contributed by atoms with Crippen molar-refractivity contribution in [2.75, 3.05) is 0 Å². The molecule has 2 nitrogen and oxygen atoms in total. The number of aromatic nitrogens is 2. The Hall–Kier alpha value is -5.64. The second kappa shape index (κ2) is 9.43. The number of benzene rings is 7. The lowest BCUT2D eigenvalue weighted by Crippen LogP contribution is -1.98. The van der Waals surface area contributed by atoms with Gasteiger partial charge in [0.25, 0.3) is 0 Å². The molecule has 0 unspecified atom stereocenters. The van der Waals surface area contributed by atoms with E-state index in [0.717, 1.165) is 5.69 Å². The van der Waals surface area contributed by atoms with Gasteiger partial charge in [0, 0.05) is 47.4 Å². The van der Waals surface area contributed by atoms with E-state index in [0.29, 0.717) is 0 Å². The molecule has 0 saturated carbocycles. The first kappa shape index (κ1) is 24.8. The minimum atomic E-state index is 1.16. The highest BCUT2D eigenvalue weighted by molar-refractivity contribution is 7.26. The number of fused-ring (bicyclic) bond motifs is 9. The van der Waals surface area contributed by atoms with Crippen LogP contribution < -0.4 is 0 Å². The van der Waals surface area contributed by atoms with Crippen LogP contribution in [0.15, 0.2) is 158 Å². The number of hydrogen-bond acceptors (Lipinski definition) is 1. The largest absolute Gasteiger partial charge is 0.309 e. The molecule has 45 heavy (non-hydrogen) atoms. The normalized spacial score (nSPS) is 12.0. The zero-order valence-electron chi connectivity index (χ0n) is 24.3. The van der Waals surface area contributed by atoms with Crippen LogP contribution >= 0.6 is 11.3 Å². The van der Waals surface area contributed by atoms with Gasteiger partial charge < -0.3 is 9.13 Å². The van der Waals surface area contributed by atoms with Gasteiger partial charge in [-0.2, -0.15) is 0 Å². The van der Waals surface area contributed by atoms with Crippen molar-refractivity contribution >= 4 is 75.1 Å². The summed E-state index contributed by atoms with van der Waals surface area (Å²) in [5.74, 6) is 0. The molecule has 0 atom stereocenters. The smallest absolute Gasteiger partial charge is 0.0562 e. The molecule has 0 bridgehead atoms. The van der Waals surface area contributed by atoms with Gasteiger partial charge in [-0.05, 0) is 53.6 Å². The van der Waals surface area contributed by atoms with Gasteiger partial charge in [-0.25, -0.2) is 0 Å². The zero-order valence-corrected chi connectivity index (χ0v) is 25.1. The highest BCUT2D eigenvalue weighted by atomic mass is 32.1. The molecule has 0 spiro atoms. The first-order valence-corrected chi connectivity index (χ1v) is 16.2.